The van der Waals surface area contributed by atoms with E-state index < -0.39 is 10.8 Å². The zero-order valence-corrected chi connectivity index (χ0v) is 16.8. The van der Waals surface area contributed by atoms with E-state index in [9.17, 15) is 4.79 Å². The van der Waals surface area contributed by atoms with Crippen LogP contribution in [0.4, 0.5) is 0 Å². The van der Waals surface area contributed by atoms with Crippen molar-refractivity contribution in [3.8, 4) is 0 Å². The Morgan fingerprint density at radius 2 is 1.25 bits per heavy atom. The fourth-order valence-corrected chi connectivity index (χ4v) is 4.77. The summed E-state index contributed by atoms with van der Waals surface area (Å²) in [4.78, 5) is 12.1. The van der Waals surface area contributed by atoms with Gasteiger partial charge in [0.1, 0.15) is 6.04 Å². The molecule has 0 fully saturated rings. The molecule has 1 unspecified atom stereocenters. The number of thioether (sulfide) groups is 1. The van der Waals surface area contributed by atoms with Gasteiger partial charge in [-0.05, 0) is 23.6 Å². The average molecular weight is 392 g/mol. The van der Waals surface area contributed by atoms with Crippen molar-refractivity contribution in [3.63, 3.8) is 0 Å². The first-order valence-electron chi connectivity index (χ1n) is 9.41. The minimum Gasteiger partial charge on any atom is -0.465 e. The Balaban J connectivity index is 2.10. The fourth-order valence-electron chi connectivity index (χ4n) is 3.30. The molecule has 0 radical (unpaired) electrons. The van der Waals surface area contributed by atoms with Crippen LogP contribution in [-0.2, 0) is 14.3 Å². The van der Waals surface area contributed by atoms with Gasteiger partial charge in [0.15, 0.2) is 0 Å². The van der Waals surface area contributed by atoms with Crippen molar-refractivity contribution < 1.29 is 9.53 Å². The molecule has 0 aliphatic rings. The van der Waals surface area contributed by atoms with Crippen molar-refractivity contribution in [3.05, 3.63) is 108 Å². The van der Waals surface area contributed by atoms with Crippen molar-refractivity contribution in [2.75, 3.05) is 12.4 Å². The standard InChI is InChI=1S/C24H25NO2S/c1-2-27-23(26)22(25)18-28-24(19-12-6-3-7-13-19,20-14-8-4-9-15-20)21-16-10-5-11-17-21/h3-17,22H,2,18,25H2,1H3. The number of esters is 1. The Kier molecular flexibility index (Phi) is 6.90. The minimum absolute atomic E-state index is 0.332. The number of hydrogen-bond acceptors (Lipinski definition) is 4. The predicted molar refractivity (Wildman–Crippen MR) is 116 cm³/mol. The van der Waals surface area contributed by atoms with E-state index in [0.29, 0.717) is 12.4 Å². The molecule has 0 saturated carbocycles. The molecule has 3 aromatic rings. The molecule has 0 saturated heterocycles. The Morgan fingerprint density at radius 3 is 1.61 bits per heavy atom. The van der Waals surface area contributed by atoms with E-state index in [1.807, 2.05) is 54.6 Å². The summed E-state index contributed by atoms with van der Waals surface area (Å²) in [7, 11) is 0. The van der Waals surface area contributed by atoms with E-state index >= 15 is 0 Å². The smallest absolute Gasteiger partial charge is 0.323 e. The van der Waals surface area contributed by atoms with Gasteiger partial charge in [-0.2, -0.15) is 0 Å². The van der Waals surface area contributed by atoms with E-state index in [0.717, 1.165) is 16.7 Å². The second-order valence-electron chi connectivity index (χ2n) is 6.45. The number of nitrogens with two attached hydrogens (primary N) is 1. The van der Waals surface area contributed by atoms with E-state index in [1.54, 1.807) is 18.7 Å². The van der Waals surface area contributed by atoms with Gasteiger partial charge in [-0.15, -0.1) is 11.8 Å². The minimum atomic E-state index is -0.680. The van der Waals surface area contributed by atoms with Crippen LogP contribution in [0.15, 0.2) is 91.0 Å². The molecule has 0 aliphatic heterocycles. The largest absolute Gasteiger partial charge is 0.465 e. The molecule has 0 aromatic heterocycles. The second kappa shape index (κ2) is 9.58. The summed E-state index contributed by atoms with van der Waals surface area (Å²) in [6.45, 7) is 2.12. The van der Waals surface area contributed by atoms with Crippen molar-refractivity contribution in [1.82, 2.24) is 0 Å². The van der Waals surface area contributed by atoms with Crippen LogP contribution in [-0.4, -0.2) is 24.4 Å². The molecular formula is C24H25NO2S. The van der Waals surface area contributed by atoms with Gasteiger partial charge < -0.3 is 10.5 Å². The maximum Gasteiger partial charge on any atom is 0.323 e. The maximum atomic E-state index is 12.1. The summed E-state index contributed by atoms with van der Waals surface area (Å²) in [5.41, 5.74) is 9.59. The summed E-state index contributed by atoms with van der Waals surface area (Å²) in [6.07, 6.45) is 0. The zero-order chi connectivity index (χ0) is 19.8. The van der Waals surface area contributed by atoms with Crippen LogP contribution in [0.3, 0.4) is 0 Å². The Bertz CT molecular complexity index is 772. The highest BCUT2D eigenvalue weighted by molar-refractivity contribution is 8.00. The Hall–Kier alpha value is -2.56. The highest BCUT2D eigenvalue weighted by Crippen LogP contribution is 2.48. The number of carbonyl (C=O) groups is 1. The zero-order valence-electron chi connectivity index (χ0n) is 16.0. The number of carbonyl (C=O) groups excluding carboxylic acids is 1. The average Bonchev–Trinajstić information content (AvgIpc) is 2.76. The molecule has 3 nitrogen and oxygen atoms in total. The van der Waals surface area contributed by atoms with Gasteiger partial charge in [0.05, 0.1) is 11.4 Å². The van der Waals surface area contributed by atoms with E-state index in [4.69, 9.17) is 10.5 Å². The molecule has 28 heavy (non-hydrogen) atoms. The van der Waals surface area contributed by atoms with Crippen LogP contribution in [0.25, 0.3) is 0 Å². The summed E-state index contributed by atoms with van der Waals surface area (Å²) in [5.74, 6) is 0.0791. The van der Waals surface area contributed by atoms with Crippen LogP contribution in [0.2, 0.25) is 0 Å². The number of rotatable bonds is 8. The third-order valence-electron chi connectivity index (χ3n) is 4.61. The fraction of sp³-hybridized carbons (Fsp3) is 0.208. The third-order valence-corrected chi connectivity index (χ3v) is 6.28. The third kappa shape index (κ3) is 4.29. The summed E-state index contributed by atoms with van der Waals surface area (Å²) in [6, 6.07) is 30.4. The number of ether oxygens (including phenoxy) is 1. The van der Waals surface area contributed by atoms with E-state index in [2.05, 4.69) is 36.4 Å². The van der Waals surface area contributed by atoms with E-state index in [-0.39, 0.29) is 5.97 Å². The molecule has 0 bridgehead atoms. The molecule has 2 N–H and O–H groups in total. The normalized spacial score (nSPS) is 12.4. The van der Waals surface area contributed by atoms with Gasteiger partial charge in [-0.3, -0.25) is 4.79 Å². The molecule has 0 aliphatic carbocycles. The molecule has 0 spiro atoms. The quantitative estimate of drug-likeness (QED) is 0.450. The maximum absolute atomic E-state index is 12.1. The first-order chi connectivity index (χ1) is 13.7. The van der Waals surface area contributed by atoms with Crippen LogP contribution in [0.1, 0.15) is 23.6 Å². The van der Waals surface area contributed by atoms with E-state index in [1.165, 1.54) is 0 Å². The first kappa shape index (κ1) is 20.2. The monoisotopic (exact) mass is 391 g/mol. The number of benzene rings is 3. The lowest BCUT2D eigenvalue weighted by molar-refractivity contribution is -0.144. The van der Waals surface area contributed by atoms with Gasteiger partial charge in [-0.1, -0.05) is 91.0 Å². The van der Waals surface area contributed by atoms with Gasteiger partial charge in [0, 0.05) is 5.75 Å². The highest BCUT2D eigenvalue weighted by atomic mass is 32.2. The molecule has 1 atom stereocenters. The SMILES string of the molecule is CCOC(=O)C(N)CSC(c1ccccc1)(c1ccccc1)c1ccccc1. The lowest BCUT2D eigenvalue weighted by Gasteiger charge is -2.36. The van der Waals surface area contributed by atoms with Crippen LogP contribution in [0.5, 0.6) is 0 Å². The van der Waals surface area contributed by atoms with Gasteiger partial charge >= 0.3 is 5.97 Å². The van der Waals surface area contributed by atoms with Crippen LogP contribution in [0, 0.1) is 0 Å². The van der Waals surface area contributed by atoms with Crippen LogP contribution < -0.4 is 5.73 Å². The Morgan fingerprint density at radius 1 is 0.857 bits per heavy atom. The topological polar surface area (TPSA) is 52.3 Å². The van der Waals surface area contributed by atoms with Gasteiger partial charge in [0.2, 0.25) is 0 Å². The highest BCUT2D eigenvalue weighted by Gasteiger charge is 2.37. The summed E-state index contributed by atoms with van der Waals surface area (Å²) >= 11 is 1.66. The molecule has 0 amide bonds. The summed E-state index contributed by atoms with van der Waals surface area (Å²) < 4.78 is 4.63. The Labute approximate surface area is 170 Å². The van der Waals surface area contributed by atoms with Gasteiger partial charge in [0.25, 0.3) is 0 Å². The molecule has 0 heterocycles. The van der Waals surface area contributed by atoms with Gasteiger partial charge in [-0.25, -0.2) is 0 Å². The molecular weight excluding hydrogens is 366 g/mol. The lowest BCUT2D eigenvalue weighted by Crippen LogP contribution is -2.37. The van der Waals surface area contributed by atoms with Crippen molar-refractivity contribution >= 4 is 17.7 Å². The first-order valence-corrected chi connectivity index (χ1v) is 10.4. The molecule has 4 heteroatoms. The lowest BCUT2D eigenvalue weighted by atomic mass is 9.84. The van der Waals surface area contributed by atoms with Crippen molar-refractivity contribution in [2.24, 2.45) is 5.73 Å². The molecule has 3 rings (SSSR count). The predicted octanol–water partition coefficient (Wildman–Crippen LogP) is 4.60. The second-order valence-corrected chi connectivity index (χ2v) is 7.68. The number of hydrogen-bond donors (Lipinski definition) is 1. The van der Waals surface area contributed by atoms with Crippen molar-refractivity contribution in [1.29, 1.82) is 0 Å². The van der Waals surface area contributed by atoms with Crippen molar-refractivity contribution in [2.45, 2.75) is 17.7 Å². The molecule has 144 valence electrons. The molecule has 3 aromatic carbocycles. The summed E-state index contributed by atoms with van der Waals surface area (Å²) in [5, 5.41) is 0. The van der Waals surface area contributed by atoms with Crippen LogP contribution >= 0.6 is 11.8 Å².